The SMILES string of the molecule is C=CCn1cnc2oc(C)c(C(=O)NC(CO)Cc3ccccc3)c2c1=O. The van der Waals surface area contributed by atoms with Crippen LogP contribution in [0.3, 0.4) is 0 Å². The van der Waals surface area contributed by atoms with Gasteiger partial charge in [-0.15, -0.1) is 6.58 Å². The highest BCUT2D eigenvalue weighted by molar-refractivity contribution is 6.06. The molecule has 2 aromatic heterocycles. The molecule has 1 atom stereocenters. The third kappa shape index (κ3) is 3.83. The van der Waals surface area contributed by atoms with E-state index in [1.54, 1.807) is 13.0 Å². The molecule has 0 radical (unpaired) electrons. The van der Waals surface area contributed by atoms with E-state index in [4.69, 9.17) is 4.42 Å². The van der Waals surface area contributed by atoms with E-state index >= 15 is 0 Å². The quantitative estimate of drug-likeness (QED) is 0.621. The average molecular weight is 367 g/mol. The van der Waals surface area contributed by atoms with Crippen molar-refractivity contribution < 1.29 is 14.3 Å². The van der Waals surface area contributed by atoms with Crippen molar-refractivity contribution >= 4 is 17.0 Å². The second kappa shape index (κ2) is 8.01. The molecule has 0 aliphatic carbocycles. The van der Waals surface area contributed by atoms with Gasteiger partial charge in [-0.05, 0) is 18.9 Å². The maximum atomic E-state index is 12.8. The summed E-state index contributed by atoms with van der Waals surface area (Å²) in [5.74, 6) is -0.170. The van der Waals surface area contributed by atoms with Crippen LogP contribution in [0.2, 0.25) is 0 Å². The first kappa shape index (κ1) is 18.6. The predicted octanol–water partition coefficient (Wildman–Crippen LogP) is 1.82. The normalized spacial score (nSPS) is 12.1. The molecule has 3 rings (SSSR count). The molecule has 3 aromatic rings. The molecule has 0 fully saturated rings. The zero-order valence-corrected chi connectivity index (χ0v) is 15.0. The number of hydrogen-bond acceptors (Lipinski definition) is 5. The minimum Gasteiger partial charge on any atom is -0.442 e. The lowest BCUT2D eigenvalue weighted by atomic mass is 10.1. The highest BCUT2D eigenvalue weighted by atomic mass is 16.3. The third-order valence-corrected chi connectivity index (χ3v) is 4.29. The molecule has 140 valence electrons. The maximum absolute atomic E-state index is 12.8. The number of aromatic nitrogens is 2. The van der Waals surface area contributed by atoms with Gasteiger partial charge in [-0.2, -0.15) is 0 Å². The van der Waals surface area contributed by atoms with Crippen LogP contribution >= 0.6 is 0 Å². The summed E-state index contributed by atoms with van der Waals surface area (Å²) >= 11 is 0. The van der Waals surface area contributed by atoms with Gasteiger partial charge in [-0.3, -0.25) is 14.2 Å². The van der Waals surface area contributed by atoms with Crippen LogP contribution in [0.15, 0.2) is 58.5 Å². The van der Waals surface area contributed by atoms with E-state index in [-0.39, 0.29) is 35.4 Å². The summed E-state index contributed by atoms with van der Waals surface area (Å²) in [5, 5.41) is 12.6. The van der Waals surface area contributed by atoms with Crippen LogP contribution < -0.4 is 10.9 Å². The number of aliphatic hydroxyl groups is 1. The second-order valence-corrected chi connectivity index (χ2v) is 6.25. The van der Waals surface area contributed by atoms with Crippen molar-refractivity contribution in [1.82, 2.24) is 14.9 Å². The first-order chi connectivity index (χ1) is 13.0. The molecule has 0 saturated heterocycles. The number of allylic oxidation sites excluding steroid dienone is 1. The Hall–Kier alpha value is -3.19. The van der Waals surface area contributed by atoms with Crippen molar-refractivity contribution in [3.05, 3.63) is 76.6 Å². The Bertz CT molecular complexity index is 1020. The first-order valence-electron chi connectivity index (χ1n) is 8.60. The van der Waals surface area contributed by atoms with Crippen molar-refractivity contribution in [2.24, 2.45) is 0 Å². The number of nitrogens with one attached hydrogen (secondary N) is 1. The maximum Gasteiger partial charge on any atom is 0.265 e. The zero-order chi connectivity index (χ0) is 19.4. The van der Waals surface area contributed by atoms with Crippen molar-refractivity contribution in [2.45, 2.75) is 25.9 Å². The number of furan rings is 1. The summed E-state index contributed by atoms with van der Waals surface area (Å²) in [4.78, 5) is 29.6. The topological polar surface area (TPSA) is 97.4 Å². The van der Waals surface area contributed by atoms with E-state index in [0.29, 0.717) is 12.2 Å². The number of hydrogen-bond donors (Lipinski definition) is 2. The summed E-state index contributed by atoms with van der Waals surface area (Å²) in [6.45, 7) is 5.27. The fourth-order valence-corrected chi connectivity index (χ4v) is 3.00. The van der Waals surface area contributed by atoms with Gasteiger partial charge in [0.2, 0.25) is 5.71 Å². The van der Waals surface area contributed by atoms with Crippen LogP contribution in [0.5, 0.6) is 0 Å². The summed E-state index contributed by atoms with van der Waals surface area (Å²) in [5.41, 5.74) is 0.880. The molecule has 1 amide bonds. The van der Waals surface area contributed by atoms with Crippen LogP contribution in [0.4, 0.5) is 0 Å². The van der Waals surface area contributed by atoms with Gasteiger partial charge in [0.1, 0.15) is 17.5 Å². The number of amides is 1. The number of aliphatic hydroxyl groups excluding tert-OH is 1. The lowest BCUT2D eigenvalue weighted by Crippen LogP contribution is -2.39. The minimum atomic E-state index is -0.490. The number of carbonyl (C=O) groups is 1. The molecule has 1 aromatic carbocycles. The Labute approximate surface area is 156 Å². The fourth-order valence-electron chi connectivity index (χ4n) is 3.00. The molecule has 0 saturated carbocycles. The van der Waals surface area contributed by atoms with Crippen molar-refractivity contribution in [3.63, 3.8) is 0 Å². The molecule has 1 unspecified atom stereocenters. The van der Waals surface area contributed by atoms with Gasteiger partial charge in [-0.25, -0.2) is 4.98 Å². The highest BCUT2D eigenvalue weighted by Crippen LogP contribution is 2.21. The van der Waals surface area contributed by atoms with Crippen LogP contribution in [-0.4, -0.2) is 33.2 Å². The van der Waals surface area contributed by atoms with Crippen LogP contribution in [0, 0.1) is 6.92 Å². The van der Waals surface area contributed by atoms with Gasteiger partial charge < -0.3 is 14.8 Å². The van der Waals surface area contributed by atoms with Crippen molar-refractivity contribution in [2.75, 3.05) is 6.61 Å². The van der Waals surface area contributed by atoms with Gasteiger partial charge in [0.15, 0.2) is 0 Å². The molecule has 0 aliphatic rings. The largest absolute Gasteiger partial charge is 0.442 e. The average Bonchev–Trinajstić information content (AvgIpc) is 3.01. The Morgan fingerprint density at radius 3 is 2.81 bits per heavy atom. The molecule has 7 nitrogen and oxygen atoms in total. The number of rotatable bonds is 7. The summed E-state index contributed by atoms with van der Waals surface area (Å²) in [6, 6.07) is 9.05. The predicted molar refractivity (Wildman–Crippen MR) is 102 cm³/mol. The van der Waals surface area contributed by atoms with E-state index in [1.807, 2.05) is 30.3 Å². The first-order valence-corrected chi connectivity index (χ1v) is 8.60. The highest BCUT2D eigenvalue weighted by Gasteiger charge is 2.24. The van der Waals surface area contributed by atoms with E-state index < -0.39 is 11.9 Å². The van der Waals surface area contributed by atoms with Crippen LogP contribution in [-0.2, 0) is 13.0 Å². The van der Waals surface area contributed by atoms with E-state index in [0.717, 1.165) is 5.56 Å². The summed E-state index contributed by atoms with van der Waals surface area (Å²) in [7, 11) is 0. The standard InChI is InChI=1S/C20H21N3O4/c1-3-9-23-12-21-19-17(20(23)26)16(13(2)27-19)18(25)22-15(11-24)10-14-7-5-4-6-8-14/h3-8,12,15,24H,1,9-11H2,2H3,(H,22,25). The lowest BCUT2D eigenvalue weighted by molar-refractivity contribution is 0.0916. The van der Waals surface area contributed by atoms with Gasteiger partial charge in [0, 0.05) is 6.54 Å². The number of nitrogens with zero attached hydrogens (tertiary/aromatic N) is 2. The smallest absolute Gasteiger partial charge is 0.265 e. The number of carbonyl (C=O) groups excluding carboxylic acids is 1. The molecule has 2 N–H and O–H groups in total. The molecule has 0 spiro atoms. The Kier molecular flexibility index (Phi) is 5.52. The van der Waals surface area contributed by atoms with Gasteiger partial charge >= 0.3 is 0 Å². The monoisotopic (exact) mass is 367 g/mol. The van der Waals surface area contributed by atoms with E-state index in [1.165, 1.54) is 10.9 Å². The van der Waals surface area contributed by atoms with Gasteiger partial charge in [0.25, 0.3) is 11.5 Å². The Balaban J connectivity index is 1.92. The molecule has 0 bridgehead atoms. The number of fused-ring (bicyclic) bond motifs is 1. The van der Waals surface area contributed by atoms with E-state index in [2.05, 4.69) is 16.9 Å². The molecule has 27 heavy (non-hydrogen) atoms. The molecule has 7 heteroatoms. The van der Waals surface area contributed by atoms with Gasteiger partial charge in [0.05, 0.1) is 18.2 Å². The van der Waals surface area contributed by atoms with Gasteiger partial charge in [-0.1, -0.05) is 36.4 Å². The third-order valence-electron chi connectivity index (χ3n) is 4.29. The van der Waals surface area contributed by atoms with Crippen molar-refractivity contribution in [3.8, 4) is 0 Å². The molecule has 0 aliphatic heterocycles. The second-order valence-electron chi connectivity index (χ2n) is 6.25. The molecule has 2 heterocycles. The Morgan fingerprint density at radius 1 is 1.41 bits per heavy atom. The van der Waals surface area contributed by atoms with E-state index in [9.17, 15) is 14.7 Å². The summed E-state index contributed by atoms with van der Waals surface area (Å²) < 4.78 is 6.85. The molecular weight excluding hydrogens is 346 g/mol. The minimum absolute atomic E-state index is 0.117. The zero-order valence-electron chi connectivity index (χ0n) is 15.0. The lowest BCUT2D eigenvalue weighted by Gasteiger charge is -2.16. The molecular formula is C20H21N3O4. The number of benzene rings is 1. The summed E-state index contributed by atoms with van der Waals surface area (Å²) in [6.07, 6.45) is 3.41. The Morgan fingerprint density at radius 2 is 2.15 bits per heavy atom. The fraction of sp³-hybridized carbons (Fsp3) is 0.250. The number of aryl methyl sites for hydroxylation is 1. The van der Waals surface area contributed by atoms with Crippen LogP contribution in [0.25, 0.3) is 11.1 Å². The van der Waals surface area contributed by atoms with Crippen molar-refractivity contribution in [1.29, 1.82) is 0 Å². The van der Waals surface area contributed by atoms with Crippen LogP contribution in [0.1, 0.15) is 21.7 Å².